The maximum atomic E-state index is 12.4. The maximum Gasteiger partial charge on any atom is 0.249 e. The lowest BCUT2D eigenvalue weighted by Crippen LogP contribution is -2.68. The molecule has 1 saturated carbocycles. The molecule has 212 valence electrons. The first kappa shape index (κ1) is 31.2. The summed E-state index contributed by atoms with van der Waals surface area (Å²) in [6, 6.07) is -2.66. The lowest BCUT2D eigenvalue weighted by atomic mass is 9.83. The molecule has 1 aliphatic heterocycles. The van der Waals surface area contributed by atoms with Crippen molar-refractivity contribution >= 4 is 5.91 Å². The molecule has 11 atom stereocenters. The van der Waals surface area contributed by atoms with Crippen LogP contribution in [0.4, 0.5) is 0 Å². The number of aliphatic hydroxyl groups excluding tert-OH is 4. The van der Waals surface area contributed by atoms with E-state index in [1.165, 1.54) is 0 Å². The summed E-state index contributed by atoms with van der Waals surface area (Å²) in [6.45, 7) is 1.95. The van der Waals surface area contributed by atoms with Gasteiger partial charge in [0.1, 0.15) is 42.7 Å². The van der Waals surface area contributed by atoms with Crippen LogP contribution in [0.2, 0.25) is 0 Å². The fourth-order valence-electron chi connectivity index (χ4n) is 4.39. The largest absolute Gasteiger partial charge is 0.388 e. The first-order valence-electron chi connectivity index (χ1n) is 12.4. The van der Waals surface area contributed by atoms with Gasteiger partial charge in [0.25, 0.3) is 0 Å². The van der Waals surface area contributed by atoms with Gasteiger partial charge in [0.05, 0.1) is 18.7 Å². The van der Waals surface area contributed by atoms with Gasteiger partial charge < -0.3 is 73.9 Å². The van der Waals surface area contributed by atoms with Crippen LogP contribution in [-0.2, 0) is 19.0 Å². The first-order valence-corrected chi connectivity index (χ1v) is 12.4. The summed E-state index contributed by atoms with van der Waals surface area (Å²) in [5.41, 5.74) is 28.8. The van der Waals surface area contributed by atoms with E-state index in [9.17, 15) is 25.2 Å². The fourth-order valence-corrected chi connectivity index (χ4v) is 4.39. The smallest absolute Gasteiger partial charge is 0.249 e. The summed E-state index contributed by atoms with van der Waals surface area (Å²) in [6.07, 6.45) is -8.42. The second-order valence-electron chi connectivity index (χ2n) is 9.26. The molecular weight excluding hydrogens is 478 g/mol. The van der Waals surface area contributed by atoms with Crippen molar-refractivity contribution in [1.29, 1.82) is 0 Å². The zero-order chi connectivity index (χ0) is 26.8. The Hall–Kier alpha value is -1.05. The molecule has 0 spiro atoms. The van der Waals surface area contributed by atoms with Crippen LogP contribution in [0.1, 0.15) is 19.3 Å². The second kappa shape index (κ2) is 15.4. The molecule has 0 bridgehead atoms. The van der Waals surface area contributed by atoms with E-state index >= 15 is 0 Å². The van der Waals surface area contributed by atoms with Gasteiger partial charge in [0, 0.05) is 19.1 Å². The molecule has 2 rings (SSSR count). The molecule has 15 nitrogen and oxygen atoms in total. The summed E-state index contributed by atoms with van der Waals surface area (Å²) >= 11 is 0. The van der Waals surface area contributed by atoms with E-state index in [0.29, 0.717) is 19.6 Å². The van der Waals surface area contributed by atoms with Gasteiger partial charge in [-0.25, -0.2) is 0 Å². The van der Waals surface area contributed by atoms with Crippen LogP contribution in [-0.4, -0.2) is 133 Å². The van der Waals surface area contributed by atoms with Crippen molar-refractivity contribution in [3.05, 3.63) is 0 Å². The molecule has 0 aromatic carbocycles. The van der Waals surface area contributed by atoms with Crippen molar-refractivity contribution in [2.45, 2.75) is 86.4 Å². The van der Waals surface area contributed by atoms with Crippen LogP contribution in [0.5, 0.6) is 0 Å². The third kappa shape index (κ3) is 8.22. The highest BCUT2D eigenvalue weighted by Crippen LogP contribution is 2.29. The van der Waals surface area contributed by atoms with Crippen LogP contribution < -0.4 is 39.3 Å². The Morgan fingerprint density at radius 1 is 1.03 bits per heavy atom. The molecule has 2 aliphatic rings. The van der Waals surface area contributed by atoms with E-state index in [-0.39, 0.29) is 32.5 Å². The molecule has 36 heavy (non-hydrogen) atoms. The van der Waals surface area contributed by atoms with Crippen molar-refractivity contribution in [3.63, 3.8) is 0 Å². The van der Waals surface area contributed by atoms with Gasteiger partial charge in [0.2, 0.25) is 5.91 Å². The van der Waals surface area contributed by atoms with Crippen molar-refractivity contribution in [2.75, 3.05) is 39.3 Å². The predicted molar refractivity (Wildman–Crippen MR) is 129 cm³/mol. The highest BCUT2D eigenvalue weighted by atomic mass is 16.7. The summed E-state index contributed by atoms with van der Waals surface area (Å²) in [5, 5.41) is 47.4. The van der Waals surface area contributed by atoms with Gasteiger partial charge in [-0.3, -0.25) is 4.79 Å². The molecule has 2 fully saturated rings. The van der Waals surface area contributed by atoms with Crippen molar-refractivity contribution in [1.82, 2.24) is 10.6 Å². The molecule has 16 N–H and O–H groups in total. The molecule has 0 aromatic rings. The molecular formula is C21H45N7O8. The van der Waals surface area contributed by atoms with Gasteiger partial charge in [-0.1, -0.05) is 0 Å². The normalized spacial score (nSPS) is 38.0. The third-order valence-electron chi connectivity index (χ3n) is 6.51. The van der Waals surface area contributed by atoms with E-state index in [1.807, 2.05) is 0 Å². The standard InChI is InChI=1S/C21H45N7O8/c22-3-1-5-27-6-7-34-19-11(28-20(33)12(29)2-4-23)8-10(25)18(17(19)32)36-21-14(26)16(31)15(30)13(9-24)35-21/h10-19,21,27,29-32H,1-9,22-26H2,(H,28,33)/t10?,11-,12+,13?,14?,15+,16-,17+,18+,19?,21+/m1/s1. The van der Waals surface area contributed by atoms with E-state index in [0.717, 1.165) is 6.42 Å². The van der Waals surface area contributed by atoms with Crippen molar-refractivity contribution < 1.29 is 39.4 Å². The number of ether oxygens (including phenoxy) is 3. The van der Waals surface area contributed by atoms with Crippen LogP contribution >= 0.6 is 0 Å². The van der Waals surface area contributed by atoms with E-state index in [1.54, 1.807) is 0 Å². The molecule has 1 amide bonds. The summed E-state index contributed by atoms with van der Waals surface area (Å²) < 4.78 is 17.5. The second-order valence-corrected chi connectivity index (χ2v) is 9.26. The Kier molecular flexibility index (Phi) is 13.3. The Morgan fingerprint density at radius 2 is 1.75 bits per heavy atom. The maximum absolute atomic E-state index is 12.4. The zero-order valence-electron chi connectivity index (χ0n) is 20.5. The lowest BCUT2D eigenvalue weighted by molar-refractivity contribution is -0.289. The van der Waals surface area contributed by atoms with Crippen LogP contribution in [0.25, 0.3) is 0 Å². The minimum absolute atomic E-state index is 0.0723. The summed E-state index contributed by atoms with van der Waals surface area (Å²) in [5.74, 6) is -0.653. The Morgan fingerprint density at radius 3 is 2.39 bits per heavy atom. The van der Waals surface area contributed by atoms with Crippen molar-refractivity contribution in [3.8, 4) is 0 Å². The number of hydrogen-bond acceptors (Lipinski definition) is 14. The average Bonchev–Trinajstić information content (AvgIpc) is 2.85. The number of hydrogen-bond donors (Lipinski definition) is 11. The summed E-state index contributed by atoms with van der Waals surface area (Å²) in [4.78, 5) is 12.4. The van der Waals surface area contributed by atoms with Gasteiger partial charge in [-0.15, -0.1) is 0 Å². The minimum atomic E-state index is -1.36. The van der Waals surface area contributed by atoms with Gasteiger partial charge in [-0.2, -0.15) is 0 Å². The minimum Gasteiger partial charge on any atom is -0.388 e. The quantitative estimate of drug-likeness (QED) is 0.0945. The molecule has 1 aliphatic carbocycles. The van der Waals surface area contributed by atoms with Crippen LogP contribution in [0.15, 0.2) is 0 Å². The van der Waals surface area contributed by atoms with E-state index in [2.05, 4.69) is 10.6 Å². The highest BCUT2D eigenvalue weighted by Gasteiger charge is 2.49. The molecule has 4 unspecified atom stereocenters. The number of nitrogens with two attached hydrogens (primary N) is 5. The van der Waals surface area contributed by atoms with Crippen LogP contribution in [0.3, 0.4) is 0 Å². The predicted octanol–water partition coefficient (Wildman–Crippen LogP) is -6.29. The number of carbonyl (C=O) groups excluding carboxylic acids is 1. The lowest BCUT2D eigenvalue weighted by Gasteiger charge is -2.47. The zero-order valence-corrected chi connectivity index (χ0v) is 20.5. The highest BCUT2D eigenvalue weighted by molar-refractivity contribution is 5.80. The first-order chi connectivity index (χ1) is 17.2. The monoisotopic (exact) mass is 523 g/mol. The summed E-state index contributed by atoms with van der Waals surface area (Å²) in [7, 11) is 0. The fraction of sp³-hybridized carbons (Fsp3) is 0.952. The number of amides is 1. The van der Waals surface area contributed by atoms with E-state index < -0.39 is 73.1 Å². The number of rotatable bonds is 14. The number of aliphatic hydroxyl groups is 4. The Bertz CT molecular complexity index is 651. The molecule has 1 heterocycles. The SMILES string of the molecule is NCCCNCCOC1[C@@H](O)[C@@H](O[C@@H]2OC(CN)[C@H](O)[C@H](O)C2N)C(N)C[C@H]1NC(=O)[C@@H](O)CCN. The average molecular weight is 524 g/mol. The van der Waals surface area contributed by atoms with Crippen molar-refractivity contribution in [2.24, 2.45) is 28.7 Å². The van der Waals surface area contributed by atoms with Gasteiger partial charge in [0.15, 0.2) is 6.29 Å². The third-order valence-corrected chi connectivity index (χ3v) is 6.51. The molecule has 15 heteroatoms. The number of carbonyl (C=O) groups is 1. The van der Waals surface area contributed by atoms with Gasteiger partial charge in [-0.05, 0) is 38.9 Å². The molecule has 0 aromatic heterocycles. The molecule has 0 radical (unpaired) electrons. The Labute approximate surface area is 211 Å². The topological polar surface area (TPSA) is 280 Å². The number of nitrogens with one attached hydrogen (secondary N) is 2. The van der Waals surface area contributed by atoms with E-state index in [4.69, 9.17) is 42.9 Å². The Balaban J connectivity index is 2.12. The van der Waals surface area contributed by atoms with Crippen LogP contribution in [0, 0.1) is 0 Å². The van der Waals surface area contributed by atoms with Gasteiger partial charge >= 0.3 is 0 Å². The molecule has 1 saturated heterocycles.